The minimum atomic E-state index is -0.947. The first kappa shape index (κ1) is 29.5. The van der Waals surface area contributed by atoms with Crippen LogP contribution in [0.15, 0.2) is 60.7 Å². The van der Waals surface area contributed by atoms with E-state index in [1.807, 2.05) is 60.7 Å². The molecule has 0 aromatic heterocycles. The lowest BCUT2D eigenvalue weighted by molar-refractivity contribution is -0.142. The molecule has 4 amide bonds. The summed E-state index contributed by atoms with van der Waals surface area (Å²) in [5, 5.41) is 8.13. The van der Waals surface area contributed by atoms with Gasteiger partial charge in [0.15, 0.2) is 0 Å². The lowest BCUT2D eigenvalue weighted by Crippen LogP contribution is -2.58. The first-order chi connectivity index (χ1) is 18.7. The highest BCUT2D eigenvalue weighted by molar-refractivity contribution is 5.95. The van der Waals surface area contributed by atoms with Crippen LogP contribution in [0.4, 0.5) is 0 Å². The van der Waals surface area contributed by atoms with Crippen LogP contribution in [-0.2, 0) is 36.8 Å². The number of nitrogens with zero attached hydrogens (tertiary/aromatic N) is 1. The Hall–Kier alpha value is -4.05. The largest absolute Gasteiger partial charge is 0.345 e. The number of carbonyl (C=O) groups is 5. The van der Waals surface area contributed by atoms with Crippen LogP contribution in [0, 0.1) is 0 Å². The van der Waals surface area contributed by atoms with Crippen molar-refractivity contribution in [2.45, 2.75) is 69.7 Å². The Labute approximate surface area is 228 Å². The van der Waals surface area contributed by atoms with Gasteiger partial charge in [0.1, 0.15) is 24.4 Å². The van der Waals surface area contributed by atoms with Crippen LogP contribution < -0.4 is 21.7 Å². The zero-order valence-electron chi connectivity index (χ0n) is 22.3. The van der Waals surface area contributed by atoms with Crippen molar-refractivity contribution in [2.75, 3.05) is 6.54 Å². The highest BCUT2D eigenvalue weighted by atomic mass is 16.2. The first-order valence-corrected chi connectivity index (χ1v) is 13.2. The van der Waals surface area contributed by atoms with Crippen molar-refractivity contribution in [3.8, 4) is 0 Å². The number of amides is 4. The van der Waals surface area contributed by atoms with Crippen molar-refractivity contribution < 1.29 is 24.0 Å². The maximum Gasteiger partial charge on any atom is 0.246 e. The molecule has 5 atom stereocenters. The van der Waals surface area contributed by atoms with Crippen LogP contribution >= 0.6 is 0 Å². The lowest BCUT2D eigenvalue weighted by atomic mass is 10.0. The number of hydrogen-bond acceptors (Lipinski definition) is 6. The van der Waals surface area contributed by atoms with E-state index < -0.39 is 47.9 Å². The van der Waals surface area contributed by atoms with Gasteiger partial charge in [-0.05, 0) is 37.8 Å². The number of benzene rings is 2. The minimum Gasteiger partial charge on any atom is -0.345 e. The molecule has 2 aromatic carbocycles. The molecule has 5 N–H and O–H groups in total. The molecule has 1 heterocycles. The summed E-state index contributed by atoms with van der Waals surface area (Å²) in [6.07, 6.45) is 2.08. The van der Waals surface area contributed by atoms with Crippen LogP contribution in [0.5, 0.6) is 0 Å². The summed E-state index contributed by atoms with van der Waals surface area (Å²) in [5.41, 5.74) is 7.42. The monoisotopic (exact) mass is 535 g/mol. The fraction of sp³-hybridized carbons (Fsp3) is 0.414. The zero-order valence-corrected chi connectivity index (χ0v) is 22.3. The molecular weight excluding hydrogens is 498 g/mol. The lowest BCUT2D eigenvalue weighted by Gasteiger charge is -2.30. The first-order valence-electron chi connectivity index (χ1n) is 13.2. The van der Waals surface area contributed by atoms with Gasteiger partial charge < -0.3 is 31.4 Å². The topological polar surface area (TPSA) is 151 Å². The minimum absolute atomic E-state index is 0.214. The summed E-state index contributed by atoms with van der Waals surface area (Å²) in [4.78, 5) is 65.1. The summed E-state index contributed by atoms with van der Waals surface area (Å²) < 4.78 is 0. The van der Waals surface area contributed by atoms with Crippen LogP contribution in [0.2, 0.25) is 0 Å². The third-order valence-electron chi connectivity index (χ3n) is 6.64. The predicted molar refractivity (Wildman–Crippen MR) is 146 cm³/mol. The van der Waals surface area contributed by atoms with E-state index in [0.29, 0.717) is 25.7 Å². The zero-order chi connectivity index (χ0) is 28.4. The standard InChI is InChI=1S/C29H37N5O5/c1-19(18-35)31-27(37)23(16-21-10-5-3-6-11-21)32-28(38)25-14-9-15-34(25)29(39)24(33-26(36)20(2)30)17-22-12-7-4-8-13-22/h3-8,10-13,18-20,23-25H,9,14-17,30H2,1-2H3,(H,31,37)(H,32,38)(H,33,36)/t19-,20-,23-,24-,25-/m0/s1. The molecular formula is C29H37N5O5. The van der Waals surface area contributed by atoms with E-state index in [1.165, 1.54) is 11.8 Å². The molecule has 0 radical (unpaired) electrons. The van der Waals surface area contributed by atoms with Gasteiger partial charge in [-0.1, -0.05) is 60.7 Å². The fourth-order valence-electron chi connectivity index (χ4n) is 4.54. The SMILES string of the molecule is C[C@H](N)C(=O)N[C@@H](Cc1ccccc1)C(=O)N1CCC[C@H]1C(=O)N[C@@H](Cc1ccccc1)C(=O)N[C@@H](C)C=O. The maximum atomic E-state index is 13.7. The van der Waals surface area contributed by atoms with E-state index in [2.05, 4.69) is 16.0 Å². The average Bonchev–Trinajstić information content (AvgIpc) is 3.43. The Morgan fingerprint density at radius 1 is 0.872 bits per heavy atom. The second kappa shape index (κ2) is 14.2. The molecule has 3 rings (SSSR count). The van der Waals surface area contributed by atoms with E-state index in [-0.39, 0.29) is 18.7 Å². The van der Waals surface area contributed by atoms with Gasteiger partial charge in [0.2, 0.25) is 23.6 Å². The number of rotatable bonds is 12. The molecule has 1 fully saturated rings. The quantitative estimate of drug-likeness (QED) is 0.290. The third kappa shape index (κ3) is 8.47. The number of aldehydes is 1. The molecule has 1 aliphatic heterocycles. The number of nitrogens with one attached hydrogen (secondary N) is 3. The number of nitrogens with two attached hydrogens (primary N) is 1. The maximum absolute atomic E-state index is 13.7. The van der Waals surface area contributed by atoms with Gasteiger partial charge in [-0.25, -0.2) is 0 Å². The average molecular weight is 536 g/mol. The van der Waals surface area contributed by atoms with Crippen LogP contribution in [-0.4, -0.2) is 71.6 Å². The van der Waals surface area contributed by atoms with E-state index in [1.54, 1.807) is 6.92 Å². The van der Waals surface area contributed by atoms with E-state index in [9.17, 15) is 24.0 Å². The van der Waals surface area contributed by atoms with E-state index in [0.717, 1.165) is 11.1 Å². The van der Waals surface area contributed by atoms with Crippen molar-refractivity contribution in [3.05, 3.63) is 71.8 Å². The van der Waals surface area contributed by atoms with Crippen molar-refractivity contribution >= 4 is 29.9 Å². The Bertz CT molecular complexity index is 1140. The van der Waals surface area contributed by atoms with Gasteiger partial charge >= 0.3 is 0 Å². The van der Waals surface area contributed by atoms with Gasteiger partial charge in [-0.15, -0.1) is 0 Å². The highest BCUT2D eigenvalue weighted by Gasteiger charge is 2.39. The third-order valence-corrected chi connectivity index (χ3v) is 6.64. The second-order valence-electron chi connectivity index (χ2n) is 9.91. The summed E-state index contributed by atoms with van der Waals surface area (Å²) >= 11 is 0. The molecule has 0 bridgehead atoms. The smallest absolute Gasteiger partial charge is 0.246 e. The molecule has 0 aliphatic carbocycles. The highest BCUT2D eigenvalue weighted by Crippen LogP contribution is 2.20. The van der Waals surface area contributed by atoms with Gasteiger partial charge in [0.05, 0.1) is 12.1 Å². The van der Waals surface area contributed by atoms with Gasteiger partial charge in [-0.3, -0.25) is 19.2 Å². The molecule has 1 saturated heterocycles. The molecule has 2 aromatic rings. The molecule has 39 heavy (non-hydrogen) atoms. The van der Waals surface area contributed by atoms with Crippen LogP contribution in [0.25, 0.3) is 0 Å². The molecule has 10 heteroatoms. The Balaban J connectivity index is 1.78. The number of likely N-dealkylation sites (tertiary alicyclic amines) is 1. The van der Waals surface area contributed by atoms with Crippen LogP contribution in [0.3, 0.4) is 0 Å². The van der Waals surface area contributed by atoms with Gasteiger partial charge in [0, 0.05) is 19.4 Å². The van der Waals surface area contributed by atoms with Crippen molar-refractivity contribution in [3.63, 3.8) is 0 Å². The fourth-order valence-corrected chi connectivity index (χ4v) is 4.54. The van der Waals surface area contributed by atoms with Crippen molar-refractivity contribution in [1.82, 2.24) is 20.9 Å². The molecule has 1 aliphatic rings. The normalized spacial score (nSPS) is 17.8. The Kier molecular flexibility index (Phi) is 10.7. The van der Waals surface area contributed by atoms with Crippen LogP contribution in [0.1, 0.15) is 37.8 Å². The summed E-state index contributed by atoms with van der Waals surface area (Å²) in [6, 6.07) is 14.3. The Morgan fingerprint density at radius 2 is 1.44 bits per heavy atom. The van der Waals surface area contributed by atoms with E-state index >= 15 is 0 Å². The number of carbonyl (C=O) groups excluding carboxylic acids is 5. The van der Waals surface area contributed by atoms with Crippen molar-refractivity contribution in [1.29, 1.82) is 0 Å². The summed E-state index contributed by atoms with van der Waals surface area (Å²) in [7, 11) is 0. The summed E-state index contributed by atoms with van der Waals surface area (Å²) in [5.74, 6) is -1.81. The molecule has 0 spiro atoms. The van der Waals surface area contributed by atoms with Gasteiger partial charge in [-0.2, -0.15) is 0 Å². The second-order valence-corrected chi connectivity index (χ2v) is 9.91. The molecule has 208 valence electrons. The van der Waals surface area contributed by atoms with Crippen molar-refractivity contribution in [2.24, 2.45) is 5.73 Å². The number of hydrogen-bond donors (Lipinski definition) is 4. The molecule has 0 saturated carbocycles. The molecule has 0 unspecified atom stereocenters. The Morgan fingerprint density at radius 3 is 1.97 bits per heavy atom. The summed E-state index contributed by atoms with van der Waals surface area (Å²) in [6.45, 7) is 3.43. The molecule has 10 nitrogen and oxygen atoms in total. The predicted octanol–water partition coefficient (Wildman–Crippen LogP) is 0.483. The van der Waals surface area contributed by atoms with Gasteiger partial charge in [0.25, 0.3) is 0 Å². The van der Waals surface area contributed by atoms with E-state index in [4.69, 9.17) is 5.73 Å².